The molecular weight excluding hydrogens is 394 g/mol. The summed E-state index contributed by atoms with van der Waals surface area (Å²) in [6.45, 7) is 4.61. The molecule has 1 saturated heterocycles. The number of aryl methyl sites for hydroxylation is 2. The van der Waals surface area contributed by atoms with E-state index in [1.165, 1.54) is 0 Å². The molecule has 162 valence electrons. The first-order chi connectivity index (χ1) is 15.1. The van der Waals surface area contributed by atoms with Gasteiger partial charge in [-0.3, -0.25) is 19.1 Å². The molecule has 0 N–H and O–H groups in total. The summed E-state index contributed by atoms with van der Waals surface area (Å²) in [6, 6.07) is 5.29. The van der Waals surface area contributed by atoms with Gasteiger partial charge in [0.25, 0.3) is 11.1 Å². The lowest BCUT2D eigenvalue weighted by Crippen LogP contribution is -2.49. The Bertz CT molecular complexity index is 1220. The quantitative estimate of drug-likeness (QED) is 0.609. The molecule has 1 fully saturated rings. The van der Waals surface area contributed by atoms with E-state index >= 15 is 0 Å². The standard InChI is InChI=1S/C22H27N7O2/c1-26-21(31)17-6-4-8-23-20(17)24-22(26)28-12-9-27(10-13-28)11-14-29-19(30)15-16-5-2-3-7-18(16)25-29/h4,6,8,15H,2-3,5,7,9-14H2,1H3. The molecule has 5 rings (SSSR count). The SMILES string of the molecule is Cn1c(N2CCN(CCn3nc4c(cc3=O)CCCC4)CC2)nc2ncccc2c1=O. The summed E-state index contributed by atoms with van der Waals surface area (Å²) in [5.41, 5.74) is 2.63. The molecule has 0 unspecified atom stereocenters. The summed E-state index contributed by atoms with van der Waals surface area (Å²) in [4.78, 5) is 38.4. The van der Waals surface area contributed by atoms with E-state index in [1.54, 1.807) is 40.7 Å². The summed E-state index contributed by atoms with van der Waals surface area (Å²) in [5, 5.41) is 5.16. The fourth-order valence-electron chi connectivity index (χ4n) is 4.55. The molecule has 3 aromatic rings. The molecule has 0 radical (unpaired) electrons. The third-order valence-corrected chi connectivity index (χ3v) is 6.38. The smallest absolute Gasteiger partial charge is 0.267 e. The van der Waals surface area contributed by atoms with Crippen LogP contribution in [0.15, 0.2) is 34.0 Å². The highest BCUT2D eigenvalue weighted by Gasteiger charge is 2.22. The van der Waals surface area contributed by atoms with Crippen LogP contribution in [0.4, 0.5) is 5.95 Å². The molecule has 9 heteroatoms. The first-order valence-electron chi connectivity index (χ1n) is 11.0. The van der Waals surface area contributed by atoms with Gasteiger partial charge < -0.3 is 4.90 Å². The molecule has 0 aromatic carbocycles. The predicted octanol–water partition coefficient (Wildman–Crippen LogP) is 0.586. The maximum Gasteiger partial charge on any atom is 0.267 e. The number of aromatic nitrogens is 5. The van der Waals surface area contributed by atoms with Crippen molar-refractivity contribution in [3.63, 3.8) is 0 Å². The highest BCUT2D eigenvalue weighted by Crippen LogP contribution is 2.17. The van der Waals surface area contributed by atoms with Crippen LogP contribution in [0.5, 0.6) is 0 Å². The average Bonchev–Trinajstić information content (AvgIpc) is 2.80. The summed E-state index contributed by atoms with van der Waals surface area (Å²) in [5.74, 6) is 0.656. The van der Waals surface area contributed by atoms with Gasteiger partial charge >= 0.3 is 0 Å². The lowest BCUT2D eigenvalue weighted by molar-refractivity contribution is 0.240. The second-order valence-electron chi connectivity index (χ2n) is 8.36. The van der Waals surface area contributed by atoms with Crippen LogP contribution in [-0.4, -0.2) is 61.9 Å². The average molecular weight is 422 g/mol. The van der Waals surface area contributed by atoms with Crippen LogP contribution in [0, 0.1) is 0 Å². The number of piperazine rings is 1. The van der Waals surface area contributed by atoms with Crippen molar-refractivity contribution in [2.45, 2.75) is 32.2 Å². The van der Waals surface area contributed by atoms with Crippen molar-refractivity contribution >= 4 is 17.0 Å². The third-order valence-electron chi connectivity index (χ3n) is 6.38. The van der Waals surface area contributed by atoms with Gasteiger partial charge in [-0.25, -0.2) is 9.67 Å². The van der Waals surface area contributed by atoms with Crippen LogP contribution < -0.4 is 16.0 Å². The monoisotopic (exact) mass is 421 g/mol. The molecule has 4 heterocycles. The van der Waals surface area contributed by atoms with Gasteiger partial charge in [-0.15, -0.1) is 0 Å². The minimum Gasteiger partial charge on any atom is -0.340 e. The summed E-state index contributed by atoms with van der Waals surface area (Å²) >= 11 is 0. The van der Waals surface area contributed by atoms with Gasteiger partial charge in [-0.1, -0.05) is 0 Å². The Labute approximate surface area is 180 Å². The molecule has 0 atom stereocenters. The maximum absolute atomic E-state index is 12.7. The van der Waals surface area contributed by atoms with E-state index in [-0.39, 0.29) is 11.1 Å². The Hall–Kier alpha value is -3.07. The fourth-order valence-corrected chi connectivity index (χ4v) is 4.55. The number of rotatable bonds is 4. The van der Waals surface area contributed by atoms with E-state index in [2.05, 4.69) is 24.9 Å². The maximum atomic E-state index is 12.7. The van der Waals surface area contributed by atoms with E-state index in [0.29, 0.717) is 23.5 Å². The zero-order valence-electron chi connectivity index (χ0n) is 17.8. The Balaban J connectivity index is 1.24. The molecule has 2 aliphatic rings. The number of nitrogens with zero attached hydrogens (tertiary/aromatic N) is 7. The molecule has 0 amide bonds. The Morgan fingerprint density at radius 2 is 1.84 bits per heavy atom. The molecule has 31 heavy (non-hydrogen) atoms. The Morgan fingerprint density at radius 1 is 1.03 bits per heavy atom. The second-order valence-corrected chi connectivity index (χ2v) is 8.36. The fraction of sp³-hybridized carbons (Fsp3) is 0.500. The summed E-state index contributed by atoms with van der Waals surface area (Å²) in [6.07, 6.45) is 5.91. The van der Waals surface area contributed by atoms with E-state index in [4.69, 9.17) is 0 Å². The molecule has 1 aliphatic heterocycles. The lowest BCUT2D eigenvalue weighted by Gasteiger charge is -2.35. The van der Waals surface area contributed by atoms with Crippen LogP contribution in [0.1, 0.15) is 24.1 Å². The number of hydrogen-bond donors (Lipinski definition) is 0. The van der Waals surface area contributed by atoms with Crippen molar-refractivity contribution in [3.05, 3.63) is 56.4 Å². The van der Waals surface area contributed by atoms with Crippen molar-refractivity contribution in [1.82, 2.24) is 29.2 Å². The van der Waals surface area contributed by atoms with Crippen LogP contribution in [0.2, 0.25) is 0 Å². The topological polar surface area (TPSA) is 89.2 Å². The second kappa shape index (κ2) is 8.22. The van der Waals surface area contributed by atoms with Gasteiger partial charge in [0.2, 0.25) is 5.95 Å². The molecule has 0 saturated carbocycles. The van der Waals surface area contributed by atoms with E-state index in [0.717, 1.165) is 69.7 Å². The normalized spacial score (nSPS) is 17.1. The molecule has 9 nitrogen and oxygen atoms in total. The van der Waals surface area contributed by atoms with Gasteiger partial charge in [0.05, 0.1) is 17.6 Å². The van der Waals surface area contributed by atoms with E-state index in [1.807, 2.05) is 0 Å². The lowest BCUT2D eigenvalue weighted by atomic mass is 9.97. The predicted molar refractivity (Wildman–Crippen MR) is 119 cm³/mol. The van der Waals surface area contributed by atoms with E-state index in [9.17, 15) is 9.59 Å². The highest BCUT2D eigenvalue weighted by atomic mass is 16.1. The van der Waals surface area contributed by atoms with Gasteiger partial charge in [-0.2, -0.15) is 10.1 Å². The highest BCUT2D eigenvalue weighted by molar-refractivity contribution is 5.74. The largest absolute Gasteiger partial charge is 0.340 e. The number of anilines is 1. The summed E-state index contributed by atoms with van der Waals surface area (Å²) in [7, 11) is 1.76. The van der Waals surface area contributed by atoms with Crippen molar-refractivity contribution in [2.24, 2.45) is 7.05 Å². The van der Waals surface area contributed by atoms with Crippen molar-refractivity contribution < 1.29 is 0 Å². The van der Waals surface area contributed by atoms with Crippen LogP contribution in [-0.2, 0) is 26.4 Å². The van der Waals surface area contributed by atoms with Gasteiger partial charge in [0.15, 0.2) is 5.65 Å². The van der Waals surface area contributed by atoms with Crippen LogP contribution in [0.25, 0.3) is 11.0 Å². The van der Waals surface area contributed by atoms with Crippen LogP contribution >= 0.6 is 0 Å². The first-order valence-corrected chi connectivity index (χ1v) is 11.0. The minimum atomic E-state index is -0.0756. The molecular formula is C22H27N7O2. The Kier molecular flexibility index (Phi) is 5.27. The number of pyridine rings is 1. The van der Waals surface area contributed by atoms with Gasteiger partial charge in [-0.05, 0) is 43.4 Å². The van der Waals surface area contributed by atoms with Crippen molar-refractivity contribution in [3.8, 4) is 0 Å². The van der Waals surface area contributed by atoms with Gasteiger partial charge in [0, 0.05) is 52.0 Å². The number of fused-ring (bicyclic) bond motifs is 2. The first kappa shape index (κ1) is 19.9. The minimum absolute atomic E-state index is 0.00199. The zero-order chi connectivity index (χ0) is 21.4. The van der Waals surface area contributed by atoms with Crippen molar-refractivity contribution in [2.75, 3.05) is 37.6 Å². The van der Waals surface area contributed by atoms with Crippen LogP contribution in [0.3, 0.4) is 0 Å². The third kappa shape index (κ3) is 3.85. The van der Waals surface area contributed by atoms with Gasteiger partial charge in [0.1, 0.15) is 0 Å². The summed E-state index contributed by atoms with van der Waals surface area (Å²) < 4.78 is 3.23. The molecule has 1 aliphatic carbocycles. The number of hydrogen-bond acceptors (Lipinski definition) is 7. The Morgan fingerprint density at radius 3 is 2.68 bits per heavy atom. The zero-order valence-corrected chi connectivity index (χ0v) is 17.8. The molecule has 0 spiro atoms. The van der Waals surface area contributed by atoms with Crippen molar-refractivity contribution in [1.29, 1.82) is 0 Å². The molecule has 3 aromatic heterocycles. The van der Waals surface area contributed by atoms with E-state index < -0.39 is 0 Å². The molecule has 0 bridgehead atoms.